The first kappa shape index (κ1) is 13.7. The van der Waals surface area contributed by atoms with E-state index in [0.29, 0.717) is 23.3 Å². The van der Waals surface area contributed by atoms with Gasteiger partial charge in [-0.15, -0.1) is 0 Å². The van der Waals surface area contributed by atoms with Gasteiger partial charge in [-0.1, -0.05) is 0 Å². The molecule has 110 valence electrons. The van der Waals surface area contributed by atoms with E-state index in [0.717, 1.165) is 31.5 Å². The van der Waals surface area contributed by atoms with Gasteiger partial charge in [-0.3, -0.25) is 0 Å². The Morgan fingerprint density at radius 2 is 1.86 bits per heavy atom. The van der Waals surface area contributed by atoms with Crippen LogP contribution >= 0.6 is 0 Å². The zero-order chi connectivity index (χ0) is 14.8. The number of halogens is 1. The minimum atomic E-state index is -0.279. The second-order valence-electron chi connectivity index (χ2n) is 5.24. The summed E-state index contributed by atoms with van der Waals surface area (Å²) < 4.78 is 13.6. The highest BCUT2D eigenvalue weighted by atomic mass is 19.1. The first-order valence-corrected chi connectivity index (χ1v) is 7.12. The molecule has 2 heterocycles. The van der Waals surface area contributed by atoms with E-state index in [9.17, 15) is 4.39 Å². The van der Waals surface area contributed by atoms with Gasteiger partial charge in [0.1, 0.15) is 5.82 Å². The summed E-state index contributed by atoms with van der Waals surface area (Å²) in [4.78, 5) is 15.4. The van der Waals surface area contributed by atoms with Crippen LogP contribution in [0.3, 0.4) is 0 Å². The minimum Gasteiger partial charge on any atom is -0.357 e. The third-order valence-corrected chi connectivity index (χ3v) is 3.54. The van der Waals surface area contributed by atoms with Crippen LogP contribution in [-0.4, -0.2) is 35.1 Å². The van der Waals surface area contributed by atoms with Gasteiger partial charge in [0, 0.05) is 25.7 Å². The summed E-state index contributed by atoms with van der Waals surface area (Å²) in [5.74, 6) is 1.38. The predicted octanol–water partition coefficient (Wildman–Crippen LogP) is 2.63. The molecule has 3 rings (SSSR count). The fourth-order valence-electron chi connectivity index (χ4n) is 2.53. The Morgan fingerprint density at radius 3 is 2.52 bits per heavy atom. The number of hydrogen-bond donors (Lipinski definition) is 1. The van der Waals surface area contributed by atoms with Gasteiger partial charge in [0.2, 0.25) is 11.9 Å². The van der Waals surface area contributed by atoms with E-state index in [4.69, 9.17) is 0 Å². The van der Waals surface area contributed by atoms with Crippen molar-refractivity contribution in [2.75, 3.05) is 30.4 Å². The number of rotatable bonds is 3. The fraction of sp³-hybridized carbons (Fsp3) is 0.400. The Hall–Kier alpha value is -2.24. The number of aryl methyl sites for hydroxylation is 1. The number of nitrogens with one attached hydrogen (secondary N) is 1. The second-order valence-corrected chi connectivity index (χ2v) is 5.24. The zero-order valence-corrected chi connectivity index (χ0v) is 12.2. The van der Waals surface area contributed by atoms with Gasteiger partial charge in [-0.25, -0.2) is 4.39 Å². The normalized spacial score (nSPS) is 14.5. The highest BCUT2D eigenvalue weighted by molar-refractivity contribution is 5.59. The number of nitrogens with zero attached hydrogens (tertiary/aromatic N) is 4. The molecular formula is C15H18FN5. The molecular weight excluding hydrogens is 269 g/mol. The number of hydrogen-bond acceptors (Lipinski definition) is 5. The van der Waals surface area contributed by atoms with Gasteiger partial charge in [0.25, 0.3) is 0 Å². The van der Waals surface area contributed by atoms with Crippen molar-refractivity contribution in [2.24, 2.45) is 0 Å². The van der Waals surface area contributed by atoms with Crippen LogP contribution in [0.2, 0.25) is 0 Å². The average Bonchev–Trinajstić information content (AvgIpc) is 3.00. The van der Waals surface area contributed by atoms with E-state index in [2.05, 4.69) is 25.2 Å². The number of benzene rings is 1. The lowest BCUT2D eigenvalue weighted by Gasteiger charge is -2.16. The Morgan fingerprint density at radius 1 is 1.10 bits per heavy atom. The second kappa shape index (κ2) is 5.63. The maximum atomic E-state index is 13.6. The summed E-state index contributed by atoms with van der Waals surface area (Å²) >= 11 is 0. The highest BCUT2D eigenvalue weighted by Gasteiger charge is 2.18. The molecule has 0 unspecified atom stereocenters. The summed E-state index contributed by atoms with van der Waals surface area (Å²) in [5, 5.41) is 2.95. The van der Waals surface area contributed by atoms with Crippen molar-refractivity contribution in [1.29, 1.82) is 0 Å². The van der Waals surface area contributed by atoms with Crippen LogP contribution in [0.15, 0.2) is 18.2 Å². The van der Waals surface area contributed by atoms with E-state index in [1.54, 1.807) is 7.05 Å². The average molecular weight is 287 g/mol. The molecule has 1 N–H and O–H groups in total. The molecule has 0 aliphatic carbocycles. The molecule has 2 aromatic rings. The van der Waals surface area contributed by atoms with Gasteiger partial charge in [-0.2, -0.15) is 15.0 Å². The Balaban J connectivity index is 2.06. The lowest BCUT2D eigenvalue weighted by molar-refractivity contribution is 0.627. The van der Waals surface area contributed by atoms with Crippen molar-refractivity contribution in [3.8, 4) is 11.4 Å². The smallest absolute Gasteiger partial charge is 0.230 e. The van der Waals surface area contributed by atoms with Gasteiger partial charge in [-0.05, 0) is 43.5 Å². The molecule has 0 saturated carbocycles. The predicted molar refractivity (Wildman–Crippen MR) is 81.0 cm³/mol. The maximum absolute atomic E-state index is 13.6. The summed E-state index contributed by atoms with van der Waals surface area (Å²) in [7, 11) is 1.77. The molecule has 5 nitrogen and oxygen atoms in total. The van der Waals surface area contributed by atoms with E-state index in [-0.39, 0.29) is 5.82 Å². The Kier molecular flexibility index (Phi) is 3.68. The summed E-state index contributed by atoms with van der Waals surface area (Å²) in [6.45, 7) is 3.76. The third kappa shape index (κ3) is 2.94. The van der Waals surface area contributed by atoms with Crippen molar-refractivity contribution >= 4 is 11.9 Å². The van der Waals surface area contributed by atoms with Crippen LogP contribution in [0.25, 0.3) is 11.4 Å². The highest BCUT2D eigenvalue weighted by Crippen LogP contribution is 2.23. The molecule has 1 fully saturated rings. The fourth-order valence-corrected chi connectivity index (χ4v) is 2.53. The molecule has 1 aliphatic heterocycles. The zero-order valence-electron chi connectivity index (χ0n) is 12.2. The molecule has 0 atom stereocenters. The van der Waals surface area contributed by atoms with Crippen LogP contribution in [0.1, 0.15) is 18.4 Å². The monoisotopic (exact) mass is 287 g/mol. The van der Waals surface area contributed by atoms with Gasteiger partial charge in [0.15, 0.2) is 5.82 Å². The Bertz CT molecular complexity index is 632. The largest absolute Gasteiger partial charge is 0.357 e. The molecule has 0 spiro atoms. The molecule has 0 radical (unpaired) electrons. The van der Waals surface area contributed by atoms with Crippen molar-refractivity contribution in [3.05, 3.63) is 29.6 Å². The summed E-state index contributed by atoms with van der Waals surface area (Å²) in [5.41, 5.74) is 1.52. The van der Waals surface area contributed by atoms with Crippen molar-refractivity contribution < 1.29 is 4.39 Å². The van der Waals surface area contributed by atoms with Gasteiger partial charge >= 0.3 is 0 Å². The van der Waals surface area contributed by atoms with Crippen LogP contribution in [0.4, 0.5) is 16.3 Å². The molecule has 6 heteroatoms. The van der Waals surface area contributed by atoms with E-state index in [1.807, 2.05) is 13.0 Å². The lowest BCUT2D eigenvalue weighted by Crippen LogP contribution is -2.21. The van der Waals surface area contributed by atoms with E-state index < -0.39 is 0 Å². The minimum absolute atomic E-state index is 0.279. The topological polar surface area (TPSA) is 53.9 Å². The van der Waals surface area contributed by atoms with Gasteiger partial charge < -0.3 is 10.2 Å². The van der Waals surface area contributed by atoms with Crippen LogP contribution in [0, 0.1) is 12.7 Å². The molecule has 1 aliphatic rings. The summed E-state index contributed by atoms with van der Waals surface area (Å²) in [6.07, 6.45) is 2.30. The molecule has 1 aromatic carbocycles. The summed E-state index contributed by atoms with van der Waals surface area (Å²) in [6, 6.07) is 4.83. The van der Waals surface area contributed by atoms with E-state index in [1.165, 1.54) is 12.1 Å². The molecule has 0 bridgehead atoms. The quantitative estimate of drug-likeness (QED) is 0.940. The van der Waals surface area contributed by atoms with Crippen LogP contribution in [0.5, 0.6) is 0 Å². The first-order valence-electron chi connectivity index (χ1n) is 7.12. The van der Waals surface area contributed by atoms with Crippen molar-refractivity contribution in [2.45, 2.75) is 19.8 Å². The third-order valence-electron chi connectivity index (χ3n) is 3.54. The SMILES string of the molecule is CNc1nc(-c2cc(C)cc(F)c2)nc(N2CCCC2)n1. The van der Waals surface area contributed by atoms with Crippen molar-refractivity contribution in [1.82, 2.24) is 15.0 Å². The molecule has 21 heavy (non-hydrogen) atoms. The van der Waals surface area contributed by atoms with Crippen molar-refractivity contribution in [3.63, 3.8) is 0 Å². The molecule has 1 aromatic heterocycles. The van der Waals surface area contributed by atoms with E-state index >= 15 is 0 Å². The number of aromatic nitrogens is 3. The van der Waals surface area contributed by atoms with Crippen LogP contribution in [-0.2, 0) is 0 Å². The van der Waals surface area contributed by atoms with Crippen LogP contribution < -0.4 is 10.2 Å². The van der Waals surface area contributed by atoms with Gasteiger partial charge in [0.05, 0.1) is 0 Å². The number of anilines is 2. The first-order chi connectivity index (χ1) is 10.2. The molecule has 0 amide bonds. The molecule has 1 saturated heterocycles. The standard InChI is InChI=1S/C15H18FN5/c1-10-7-11(9-12(16)8-10)13-18-14(17-2)20-15(19-13)21-5-3-4-6-21/h7-9H,3-6H2,1-2H3,(H,17,18,19,20). The lowest BCUT2D eigenvalue weighted by atomic mass is 10.1. The Labute approximate surface area is 123 Å². The maximum Gasteiger partial charge on any atom is 0.230 e.